The van der Waals surface area contributed by atoms with Crippen LogP contribution in [-0.4, -0.2) is 17.9 Å². The van der Waals surface area contributed by atoms with Gasteiger partial charge in [-0.2, -0.15) is 0 Å². The Hall–Kier alpha value is 0.318. The fourth-order valence-corrected chi connectivity index (χ4v) is 4.79. The molecule has 0 bridgehead atoms. The Balaban J connectivity index is 3.53. The molecule has 0 saturated carbocycles. The van der Waals surface area contributed by atoms with E-state index in [2.05, 4.69) is 13.8 Å². The van der Waals surface area contributed by atoms with Crippen LogP contribution in [0.2, 0.25) is 10.4 Å². The Labute approximate surface area is 72.0 Å². The molecule has 0 aliphatic heterocycles. The van der Waals surface area contributed by atoms with Gasteiger partial charge >= 0.3 is 71.6 Å². The van der Waals surface area contributed by atoms with Crippen LogP contribution in [0.15, 0.2) is 0 Å². The van der Waals surface area contributed by atoms with Crippen molar-refractivity contribution in [3.8, 4) is 0 Å². The number of hydrogen-bond acceptors (Lipinski definition) is 1. The molecule has 11 heavy (non-hydrogen) atoms. The summed E-state index contributed by atoms with van der Waals surface area (Å²) in [5, 5.41) is 1.16. The average molecular weight is 222 g/mol. The Kier molecular flexibility index (Phi) is 6.08. The van der Waals surface area contributed by atoms with E-state index in [-0.39, 0.29) is 0 Å². The maximum atomic E-state index is 11.3. The number of rotatable bonds is 6. The van der Waals surface area contributed by atoms with Crippen LogP contribution in [0.4, 0.5) is 0 Å². The molecule has 0 aromatic heterocycles. The van der Waals surface area contributed by atoms with Crippen LogP contribution in [0.5, 0.6) is 0 Å². The van der Waals surface area contributed by atoms with Gasteiger partial charge in [0.05, 0.1) is 0 Å². The van der Waals surface area contributed by atoms with E-state index in [0.717, 1.165) is 25.7 Å². The van der Waals surface area contributed by atoms with E-state index in [1.54, 1.807) is 0 Å². The molecule has 0 heterocycles. The van der Waals surface area contributed by atoms with E-state index in [1.807, 2.05) is 0 Å². The van der Waals surface area contributed by atoms with Crippen LogP contribution in [0, 0.1) is 0 Å². The molecule has 0 fully saturated rings. The van der Waals surface area contributed by atoms with Crippen LogP contribution in [0.1, 0.15) is 39.5 Å². The van der Waals surface area contributed by atoms with Gasteiger partial charge in [0.25, 0.3) is 0 Å². The summed E-state index contributed by atoms with van der Waals surface area (Å²) in [4.78, 5) is 0. The molecule has 0 aliphatic rings. The van der Waals surface area contributed by atoms with Gasteiger partial charge in [0.15, 0.2) is 0 Å². The third-order valence-corrected chi connectivity index (χ3v) is 5.98. The van der Waals surface area contributed by atoms with Gasteiger partial charge in [-0.3, -0.25) is 0 Å². The summed E-state index contributed by atoms with van der Waals surface area (Å²) in [6.07, 6.45) is 3.88. The van der Waals surface area contributed by atoms with Crippen molar-refractivity contribution in [2.24, 2.45) is 0 Å². The molecule has 0 aromatic rings. The third-order valence-electron chi connectivity index (χ3n) is 1.72. The fourth-order valence-electron chi connectivity index (χ4n) is 0.922. The molecule has 0 rings (SSSR count). The first-order chi connectivity index (χ1) is 5.12. The normalized spacial score (nSPS) is 11.9. The molecule has 0 aliphatic carbocycles. The molecule has 68 valence electrons. The predicted molar refractivity (Wildman–Crippen MR) is 48.1 cm³/mol. The van der Waals surface area contributed by atoms with Crippen LogP contribution < -0.4 is 0 Å². The molecule has 0 saturated heterocycles. The second kappa shape index (κ2) is 5.90. The summed E-state index contributed by atoms with van der Waals surface area (Å²) >= 11 is -3.32. The van der Waals surface area contributed by atoms with Gasteiger partial charge < -0.3 is 0 Å². The quantitative estimate of drug-likeness (QED) is 0.701. The maximum absolute atomic E-state index is 11.3. The fraction of sp³-hybridized carbons (Fsp3) is 1.00. The van der Waals surface area contributed by atoms with Crippen molar-refractivity contribution in [2.75, 3.05) is 0 Å². The molecule has 0 amide bonds. The molecule has 0 radical (unpaired) electrons. The zero-order valence-corrected chi connectivity index (χ0v) is 9.42. The zero-order chi connectivity index (χ0) is 8.74. The van der Waals surface area contributed by atoms with E-state index >= 15 is 0 Å². The molecule has 0 spiro atoms. The molecular weight excluding hydrogens is 203 g/mol. The van der Waals surface area contributed by atoms with E-state index in [0.29, 0.717) is 10.4 Å². The molecular formula is C8H19AsO2. The Bertz CT molecular complexity index is 122. The molecule has 3 heteroatoms. The molecule has 1 N–H and O–H groups in total. The monoisotopic (exact) mass is 222 g/mol. The van der Waals surface area contributed by atoms with Crippen molar-refractivity contribution < 1.29 is 7.84 Å². The summed E-state index contributed by atoms with van der Waals surface area (Å²) in [5.74, 6) is 0. The van der Waals surface area contributed by atoms with Gasteiger partial charge in [-0.05, 0) is 0 Å². The van der Waals surface area contributed by atoms with Gasteiger partial charge in [0.2, 0.25) is 0 Å². The molecule has 0 aromatic carbocycles. The summed E-state index contributed by atoms with van der Waals surface area (Å²) in [6, 6.07) is 0. The first kappa shape index (κ1) is 11.3. The summed E-state index contributed by atoms with van der Waals surface area (Å²) < 4.78 is 20.7. The first-order valence-electron chi connectivity index (χ1n) is 4.43. The Morgan fingerprint density at radius 2 is 1.45 bits per heavy atom. The van der Waals surface area contributed by atoms with Crippen molar-refractivity contribution in [1.29, 1.82) is 0 Å². The zero-order valence-electron chi connectivity index (χ0n) is 7.55. The first-order valence-corrected chi connectivity index (χ1v) is 8.69. The van der Waals surface area contributed by atoms with Crippen molar-refractivity contribution in [3.05, 3.63) is 0 Å². The second-order valence-electron chi connectivity index (χ2n) is 3.00. The minimum atomic E-state index is -3.32. The second-order valence-corrected chi connectivity index (χ2v) is 8.43. The van der Waals surface area contributed by atoms with E-state index in [1.165, 1.54) is 0 Å². The predicted octanol–water partition coefficient (Wildman–Crippen LogP) is 2.45. The minimum absolute atomic E-state index is 0.578. The number of unbranched alkanes of at least 4 members (excludes halogenated alkanes) is 2. The van der Waals surface area contributed by atoms with Crippen LogP contribution in [0.3, 0.4) is 0 Å². The number of hydrogen-bond donors (Lipinski definition) is 1. The SMILES string of the molecule is CCCC[As](=O)(O)CCCC. The van der Waals surface area contributed by atoms with E-state index in [9.17, 15) is 7.84 Å². The van der Waals surface area contributed by atoms with Crippen molar-refractivity contribution >= 4 is 13.8 Å². The van der Waals surface area contributed by atoms with Gasteiger partial charge in [-0.1, -0.05) is 0 Å². The van der Waals surface area contributed by atoms with Crippen molar-refractivity contribution in [3.63, 3.8) is 0 Å². The summed E-state index contributed by atoms with van der Waals surface area (Å²) in [5.41, 5.74) is 0. The third kappa shape index (κ3) is 6.71. The van der Waals surface area contributed by atoms with Crippen LogP contribution in [-0.2, 0) is 3.74 Å². The van der Waals surface area contributed by atoms with Crippen LogP contribution >= 0.6 is 0 Å². The van der Waals surface area contributed by atoms with E-state index in [4.69, 9.17) is 0 Å². The average Bonchev–Trinajstić information content (AvgIpc) is 1.97. The van der Waals surface area contributed by atoms with Gasteiger partial charge in [-0.15, -0.1) is 0 Å². The molecule has 2 nitrogen and oxygen atoms in total. The van der Waals surface area contributed by atoms with E-state index < -0.39 is 13.8 Å². The van der Waals surface area contributed by atoms with Crippen LogP contribution in [0.25, 0.3) is 0 Å². The molecule has 0 atom stereocenters. The van der Waals surface area contributed by atoms with Gasteiger partial charge in [-0.25, -0.2) is 0 Å². The molecule has 0 unspecified atom stereocenters. The Morgan fingerprint density at radius 3 is 1.73 bits per heavy atom. The van der Waals surface area contributed by atoms with Gasteiger partial charge in [0, 0.05) is 0 Å². The standard InChI is InChI=1S/C8H19AsO2/c1-3-5-7-9(10,11)8-6-4-2/h3-8H2,1-2H3,(H,10,11). The van der Waals surface area contributed by atoms with Crippen molar-refractivity contribution in [1.82, 2.24) is 0 Å². The topological polar surface area (TPSA) is 37.3 Å². The van der Waals surface area contributed by atoms with Crippen molar-refractivity contribution in [2.45, 2.75) is 49.9 Å². The summed E-state index contributed by atoms with van der Waals surface area (Å²) in [6.45, 7) is 4.10. The Morgan fingerprint density at radius 1 is 1.09 bits per heavy atom. The summed E-state index contributed by atoms with van der Waals surface area (Å²) in [7, 11) is 0. The van der Waals surface area contributed by atoms with Gasteiger partial charge in [0.1, 0.15) is 0 Å².